The Morgan fingerprint density at radius 1 is 1.17 bits per heavy atom. The predicted molar refractivity (Wildman–Crippen MR) is 135 cm³/mol. The topological polar surface area (TPSA) is 113 Å². The van der Waals surface area contributed by atoms with Crippen molar-refractivity contribution in [2.45, 2.75) is 51.1 Å². The third-order valence-electron chi connectivity index (χ3n) is 6.78. The monoisotopic (exact) mass is 514 g/mol. The van der Waals surface area contributed by atoms with Crippen LogP contribution < -0.4 is 14.4 Å². The number of amides is 3. The summed E-state index contributed by atoms with van der Waals surface area (Å²) in [4.78, 5) is 42.2. The van der Waals surface area contributed by atoms with Crippen molar-refractivity contribution in [3.8, 4) is 11.5 Å². The highest BCUT2D eigenvalue weighted by Gasteiger charge is 2.43. The van der Waals surface area contributed by atoms with Crippen molar-refractivity contribution < 1.29 is 32.6 Å². The highest BCUT2D eigenvalue weighted by Crippen LogP contribution is 2.41. The average Bonchev–Trinajstić information content (AvgIpc) is 3.48. The quantitative estimate of drug-likeness (QED) is 0.274. The first kappa shape index (κ1) is 25.8. The molecule has 0 saturated heterocycles. The van der Waals surface area contributed by atoms with Gasteiger partial charge in [0.05, 0.1) is 42.3 Å². The molecule has 9 nitrogen and oxygen atoms in total. The molecule has 3 amide bonds. The lowest BCUT2D eigenvalue weighted by Gasteiger charge is -2.28. The van der Waals surface area contributed by atoms with E-state index in [0.717, 1.165) is 37.0 Å². The number of benzene rings is 2. The van der Waals surface area contributed by atoms with E-state index in [2.05, 4.69) is 0 Å². The molecule has 1 N–H and O–H groups in total. The van der Waals surface area contributed by atoms with Crippen molar-refractivity contribution in [3.05, 3.63) is 53.1 Å². The Bertz CT molecular complexity index is 1180. The lowest BCUT2D eigenvalue weighted by atomic mass is 10.0. The van der Waals surface area contributed by atoms with Gasteiger partial charge in [0.25, 0.3) is 11.8 Å². The maximum Gasteiger partial charge on any atom is 0.264 e. The normalized spacial score (nSPS) is 17.1. The fraction of sp³-hybridized carbons (Fsp3) is 0.423. The fourth-order valence-corrected chi connectivity index (χ4v) is 5.56. The van der Waals surface area contributed by atoms with E-state index in [0.29, 0.717) is 29.4 Å². The molecule has 0 bridgehead atoms. The summed E-state index contributed by atoms with van der Waals surface area (Å²) in [6.45, 7) is 2.21. The Morgan fingerprint density at radius 2 is 1.92 bits per heavy atom. The van der Waals surface area contributed by atoms with Crippen LogP contribution in [0.15, 0.2) is 36.4 Å². The van der Waals surface area contributed by atoms with E-state index in [-0.39, 0.29) is 29.3 Å². The van der Waals surface area contributed by atoms with Gasteiger partial charge in [-0.3, -0.25) is 19.3 Å². The Hall–Kier alpha value is -3.24. The molecule has 1 heterocycles. The number of carbonyl (C=O) groups is 3. The number of fused-ring (bicyclic) bond motifs is 1. The second kappa shape index (κ2) is 11.2. The number of carbonyl (C=O) groups excluding carboxylic acids is 3. The van der Waals surface area contributed by atoms with Crippen molar-refractivity contribution in [1.82, 2.24) is 4.90 Å². The number of anilines is 1. The highest BCUT2D eigenvalue weighted by molar-refractivity contribution is 7.79. The lowest BCUT2D eigenvalue weighted by molar-refractivity contribution is -0.107. The zero-order chi connectivity index (χ0) is 25.8. The maximum absolute atomic E-state index is 13.8. The molecular weight excluding hydrogens is 484 g/mol. The third-order valence-corrected chi connectivity index (χ3v) is 7.37. The van der Waals surface area contributed by atoms with Crippen LogP contribution >= 0.6 is 0 Å². The smallest absolute Gasteiger partial charge is 0.264 e. The Labute approximate surface area is 212 Å². The average molecular weight is 515 g/mol. The number of hydrogen-bond acceptors (Lipinski definition) is 6. The summed E-state index contributed by atoms with van der Waals surface area (Å²) >= 11 is -2.12. The van der Waals surface area contributed by atoms with Crippen LogP contribution in [0.1, 0.15) is 71.3 Å². The molecular formula is C26H30N2O7S. The van der Waals surface area contributed by atoms with E-state index in [1.54, 1.807) is 41.3 Å². The highest BCUT2D eigenvalue weighted by atomic mass is 32.2. The summed E-state index contributed by atoms with van der Waals surface area (Å²) in [6, 6.07) is 9.20. The van der Waals surface area contributed by atoms with Gasteiger partial charge in [-0.25, -0.2) is 4.21 Å². The summed E-state index contributed by atoms with van der Waals surface area (Å²) in [6.07, 6.45) is 4.49. The molecule has 36 heavy (non-hydrogen) atoms. The van der Waals surface area contributed by atoms with Crippen LogP contribution in [0.2, 0.25) is 0 Å². The standard InChI is InChI=1S/C26H30N2O7S/c1-3-35-23-15-17(11-12-22(23)34-2)20(13-14-36(32)33)28-25(30)19-9-6-10-21(24(19)26(28)31)27(16-29)18-7-4-5-8-18/h6,9-12,15-16,18,20H,3-5,7-8,13-14H2,1-2H3,(H,32,33). The molecule has 1 aliphatic heterocycles. The zero-order valence-electron chi connectivity index (χ0n) is 20.3. The van der Waals surface area contributed by atoms with Gasteiger partial charge in [-0.05, 0) is 56.0 Å². The van der Waals surface area contributed by atoms with Gasteiger partial charge in [0.15, 0.2) is 22.6 Å². The molecule has 1 fully saturated rings. The Balaban J connectivity index is 1.77. The first-order valence-corrected chi connectivity index (χ1v) is 13.3. The van der Waals surface area contributed by atoms with Gasteiger partial charge < -0.3 is 18.9 Å². The maximum atomic E-state index is 13.8. The molecule has 0 spiro atoms. The summed E-state index contributed by atoms with van der Waals surface area (Å²) in [5.41, 5.74) is 1.40. The van der Waals surface area contributed by atoms with Crippen molar-refractivity contribution in [2.75, 3.05) is 24.4 Å². The van der Waals surface area contributed by atoms with Crippen LogP contribution in [-0.4, -0.2) is 57.4 Å². The SMILES string of the molecule is CCOc1cc(C(CCS(=O)O)N2C(=O)c3cccc(N(C=O)C4CCCC4)c3C2=O)ccc1OC. The minimum Gasteiger partial charge on any atom is -0.493 e. The fourth-order valence-electron chi connectivity index (χ4n) is 5.13. The second-order valence-electron chi connectivity index (χ2n) is 8.80. The van der Waals surface area contributed by atoms with E-state index in [1.807, 2.05) is 6.92 Å². The van der Waals surface area contributed by atoms with Crippen LogP contribution in [0, 0.1) is 0 Å². The van der Waals surface area contributed by atoms with Gasteiger partial charge in [-0.1, -0.05) is 25.0 Å². The minimum atomic E-state index is -2.12. The number of nitrogens with zero attached hydrogens (tertiary/aromatic N) is 2. The van der Waals surface area contributed by atoms with E-state index in [4.69, 9.17) is 9.47 Å². The van der Waals surface area contributed by atoms with Crippen LogP contribution in [-0.2, 0) is 15.9 Å². The lowest BCUT2D eigenvalue weighted by Crippen LogP contribution is -2.36. The van der Waals surface area contributed by atoms with Gasteiger partial charge in [0.2, 0.25) is 6.41 Å². The van der Waals surface area contributed by atoms with Gasteiger partial charge >= 0.3 is 0 Å². The number of rotatable bonds is 11. The molecule has 2 aromatic rings. The van der Waals surface area contributed by atoms with Crippen LogP contribution in [0.5, 0.6) is 11.5 Å². The Kier molecular flexibility index (Phi) is 8.05. The van der Waals surface area contributed by atoms with E-state index in [9.17, 15) is 23.1 Å². The molecule has 0 radical (unpaired) electrons. The molecule has 4 rings (SSSR count). The molecule has 2 aromatic carbocycles. The van der Waals surface area contributed by atoms with Crippen molar-refractivity contribution in [3.63, 3.8) is 0 Å². The van der Waals surface area contributed by atoms with E-state index >= 15 is 0 Å². The molecule has 2 unspecified atom stereocenters. The van der Waals surface area contributed by atoms with Gasteiger partial charge in [-0.2, -0.15) is 0 Å². The summed E-state index contributed by atoms with van der Waals surface area (Å²) in [7, 11) is 1.51. The predicted octanol–water partition coefficient (Wildman–Crippen LogP) is 3.95. The molecule has 1 aliphatic carbocycles. The largest absolute Gasteiger partial charge is 0.493 e. The second-order valence-corrected chi connectivity index (χ2v) is 9.86. The van der Waals surface area contributed by atoms with E-state index in [1.165, 1.54) is 7.11 Å². The molecule has 1 saturated carbocycles. The molecule has 192 valence electrons. The van der Waals surface area contributed by atoms with Gasteiger partial charge in [-0.15, -0.1) is 0 Å². The zero-order valence-corrected chi connectivity index (χ0v) is 21.2. The van der Waals surface area contributed by atoms with Crippen molar-refractivity contribution in [1.29, 1.82) is 0 Å². The molecule has 0 aromatic heterocycles. The Morgan fingerprint density at radius 3 is 2.56 bits per heavy atom. The number of methoxy groups -OCH3 is 1. The van der Waals surface area contributed by atoms with Gasteiger partial charge in [0, 0.05) is 6.04 Å². The summed E-state index contributed by atoms with van der Waals surface area (Å²) in [5.74, 6) is -0.232. The van der Waals surface area contributed by atoms with Crippen LogP contribution in [0.3, 0.4) is 0 Å². The first-order valence-electron chi connectivity index (χ1n) is 12.0. The summed E-state index contributed by atoms with van der Waals surface area (Å²) < 4.78 is 32.1. The third kappa shape index (κ3) is 4.87. The molecule has 10 heteroatoms. The number of imide groups is 1. The van der Waals surface area contributed by atoms with Gasteiger partial charge in [0.1, 0.15) is 0 Å². The van der Waals surface area contributed by atoms with Crippen LogP contribution in [0.25, 0.3) is 0 Å². The number of hydrogen-bond donors (Lipinski definition) is 1. The summed E-state index contributed by atoms with van der Waals surface area (Å²) in [5, 5.41) is 0. The molecule has 2 atom stereocenters. The molecule has 2 aliphatic rings. The van der Waals surface area contributed by atoms with Crippen molar-refractivity contribution >= 4 is 35.0 Å². The first-order chi connectivity index (χ1) is 17.4. The number of ether oxygens (including phenoxy) is 2. The van der Waals surface area contributed by atoms with E-state index < -0.39 is 28.9 Å². The van der Waals surface area contributed by atoms with Crippen LogP contribution in [0.4, 0.5) is 5.69 Å². The van der Waals surface area contributed by atoms with Crippen molar-refractivity contribution in [2.24, 2.45) is 0 Å². The minimum absolute atomic E-state index is 0.0195.